The molecule has 0 aromatic heterocycles. The Morgan fingerprint density at radius 1 is 1.30 bits per heavy atom. The number of thioether (sulfide) groups is 1. The molecule has 7 heteroatoms. The van der Waals surface area contributed by atoms with Crippen LogP contribution in [0.5, 0.6) is 0 Å². The Morgan fingerprint density at radius 3 is 2.90 bits per heavy atom. The Morgan fingerprint density at radius 2 is 2.15 bits per heavy atom. The molecular formula is C13H13N3O3S. The number of rotatable bonds is 2. The molecule has 0 aliphatic carbocycles. The van der Waals surface area contributed by atoms with Crippen molar-refractivity contribution < 1.29 is 14.4 Å². The van der Waals surface area contributed by atoms with Crippen LogP contribution in [0.1, 0.15) is 12.8 Å². The van der Waals surface area contributed by atoms with Gasteiger partial charge in [0.15, 0.2) is 0 Å². The van der Waals surface area contributed by atoms with E-state index >= 15 is 0 Å². The highest BCUT2D eigenvalue weighted by atomic mass is 32.2. The lowest BCUT2D eigenvalue weighted by molar-refractivity contribution is -0.122. The fourth-order valence-electron chi connectivity index (χ4n) is 2.20. The van der Waals surface area contributed by atoms with Crippen molar-refractivity contribution in [2.24, 2.45) is 0 Å². The standard InChI is InChI=1S/C13H13N3O3S/c17-11-4-2-8(15-11)13(19)14-7-1-3-10-9(5-7)16-12(18)6-20-10/h1,3,5,8H,2,4,6H2,(H,14,19)(H,15,17)(H,16,18). The molecule has 6 nitrogen and oxygen atoms in total. The van der Waals surface area contributed by atoms with Gasteiger partial charge in [0.1, 0.15) is 6.04 Å². The molecule has 1 aromatic carbocycles. The Kier molecular flexibility index (Phi) is 3.35. The average Bonchev–Trinajstić information content (AvgIpc) is 2.85. The lowest BCUT2D eigenvalue weighted by Crippen LogP contribution is -2.37. The summed E-state index contributed by atoms with van der Waals surface area (Å²) >= 11 is 1.47. The SMILES string of the molecule is O=C1CSc2ccc(NC(=O)C3CCC(=O)N3)cc2N1. The monoisotopic (exact) mass is 291 g/mol. The zero-order valence-electron chi connectivity index (χ0n) is 10.6. The third-order valence-electron chi connectivity index (χ3n) is 3.19. The van der Waals surface area contributed by atoms with Crippen LogP contribution in [0.15, 0.2) is 23.1 Å². The second-order valence-electron chi connectivity index (χ2n) is 4.70. The van der Waals surface area contributed by atoms with Gasteiger partial charge in [-0.2, -0.15) is 0 Å². The van der Waals surface area contributed by atoms with Crippen LogP contribution in [-0.2, 0) is 14.4 Å². The predicted octanol–water partition coefficient (Wildman–Crippen LogP) is 0.948. The smallest absolute Gasteiger partial charge is 0.246 e. The van der Waals surface area contributed by atoms with Gasteiger partial charge in [-0.1, -0.05) is 0 Å². The Bertz CT molecular complexity index is 603. The van der Waals surface area contributed by atoms with E-state index in [1.807, 2.05) is 6.07 Å². The normalized spacial score (nSPS) is 20.9. The molecule has 3 amide bonds. The first-order valence-corrected chi connectivity index (χ1v) is 7.27. The predicted molar refractivity (Wildman–Crippen MR) is 75.6 cm³/mol. The number of fused-ring (bicyclic) bond motifs is 1. The first-order chi connectivity index (χ1) is 9.61. The number of hydrogen-bond acceptors (Lipinski definition) is 4. The number of hydrogen-bond donors (Lipinski definition) is 3. The number of nitrogens with one attached hydrogen (secondary N) is 3. The summed E-state index contributed by atoms with van der Waals surface area (Å²) in [6.45, 7) is 0. The summed E-state index contributed by atoms with van der Waals surface area (Å²) in [6, 6.07) is 4.91. The molecule has 3 rings (SSSR count). The van der Waals surface area contributed by atoms with E-state index in [4.69, 9.17) is 0 Å². The molecule has 1 saturated heterocycles. The second kappa shape index (κ2) is 5.16. The highest BCUT2D eigenvalue weighted by Crippen LogP contribution is 2.33. The van der Waals surface area contributed by atoms with E-state index in [0.29, 0.717) is 30.0 Å². The molecule has 0 saturated carbocycles. The minimum Gasteiger partial charge on any atom is -0.344 e. The summed E-state index contributed by atoms with van der Waals surface area (Å²) < 4.78 is 0. The van der Waals surface area contributed by atoms with E-state index in [2.05, 4.69) is 16.0 Å². The zero-order valence-corrected chi connectivity index (χ0v) is 11.4. The van der Waals surface area contributed by atoms with Crippen molar-refractivity contribution >= 4 is 40.9 Å². The van der Waals surface area contributed by atoms with Crippen LogP contribution in [0.2, 0.25) is 0 Å². The number of amides is 3. The van der Waals surface area contributed by atoms with E-state index in [-0.39, 0.29) is 17.7 Å². The third kappa shape index (κ3) is 2.62. The van der Waals surface area contributed by atoms with Crippen molar-refractivity contribution in [2.75, 3.05) is 16.4 Å². The minimum absolute atomic E-state index is 0.0472. The molecule has 104 valence electrons. The third-order valence-corrected chi connectivity index (χ3v) is 4.27. The summed E-state index contributed by atoms with van der Waals surface area (Å²) in [5, 5.41) is 8.14. The number of carbonyl (C=O) groups is 3. The van der Waals surface area contributed by atoms with Gasteiger partial charge in [0.2, 0.25) is 17.7 Å². The Hall–Kier alpha value is -2.02. The Balaban J connectivity index is 1.71. The fraction of sp³-hybridized carbons (Fsp3) is 0.308. The summed E-state index contributed by atoms with van der Waals surface area (Å²) in [5.41, 5.74) is 1.32. The topological polar surface area (TPSA) is 87.3 Å². The van der Waals surface area contributed by atoms with E-state index in [1.54, 1.807) is 12.1 Å². The van der Waals surface area contributed by atoms with Gasteiger partial charge in [0.05, 0.1) is 11.4 Å². The second-order valence-corrected chi connectivity index (χ2v) is 5.71. The lowest BCUT2D eigenvalue weighted by atomic mass is 10.2. The largest absolute Gasteiger partial charge is 0.344 e. The van der Waals surface area contributed by atoms with Crippen molar-refractivity contribution in [3.8, 4) is 0 Å². The molecule has 2 heterocycles. The molecule has 1 fully saturated rings. The minimum atomic E-state index is -0.470. The molecule has 1 unspecified atom stereocenters. The van der Waals surface area contributed by atoms with Crippen molar-refractivity contribution in [1.82, 2.24) is 5.32 Å². The molecule has 0 radical (unpaired) electrons. The fourth-order valence-corrected chi connectivity index (χ4v) is 2.99. The van der Waals surface area contributed by atoms with Gasteiger partial charge in [-0.3, -0.25) is 14.4 Å². The quantitative estimate of drug-likeness (QED) is 0.757. The molecule has 3 N–H and O–H groups in total. The van der Waals surface area contributed by atoms with Gasteiger partial charge in [0, 0.05) is 17.0 Å². The maximum atomic E-state index is 12.0. The maximum Gasteiger partial charge on any atom is 0.246 e. The van der Waals surface area contributed by atoms with Crippen LogP contribution in [0, 0.1) is 0 Å². The number of anilines is 2. The van der Waals surface area contributed by atoms with Gasteiger partial charge in [0.25, 0.3) is 0 Å². The first-order valence-electron chi connectivity index (χ1n) is 6.29. The molecule has 2 aliphatic rings. The summed E-state index contributed by atoms with van der Waals surface area (Å²) in [4.78, 5) is 35.4. The molecule has 1 aromatic rings. The molecule has 0 bridgehead atoms. The van der Waals surface area contributed by atoms with Gasteiger partial charge in [-0.05, 0) is 24.6 Å². The lowest BCUT2D eigenvalue weighted by Gasteiger charge is -2.18. The highest BCUT2D eigenvalue weighted by Gasteiger charge is 2.27. The van der Waals surface area contributed by atoms with Gasteiger partial charge >= 0.3 is 0 Å². The van der Waals surface area contributed by atoms with Gasteiger partial charge < -0.3 is 16.0 Å². The van der Waals surface area contributed by atoms with Crippen LogP contribution < -0.4 is 16.0 Å². The molecular weight excluding hydrogens is 278 g/mol. The van der Waals surface area contributed by atoms with Crippen LogP contribution in [0.25, 0.3) is 0 Å². The van der Waals surface area contributed by atoms with E-state index in [0.717, 1.165) is 4.90 Å². The number of benzene rings is 1. The molecule has 0 spiro atoms. The average molecular weight is 291 g/mol. The van der Waals surface area contributed by atoms with Crippen molar-refractivity contribution in [1.29, 1.82) is 0 Å². The van der Waals surface area contributed by atoms with Crippen LogP contribution in [-0.4, -0.2) is 29.5 Å². The zero-order chi connectivity index (χ0) is 14.1. The van der Waals surface area contributed by atoms with Crippen molar-refractivity contribution in [2.45, 2.75) is 23.8 Å². The van der Waals surface area contributed by atoms with Crippen LogP contribution in [0.3, 0.4) is 0 Å². The number of carbonyl (C=O) groups excluding carboxylic acids is 3. The molecule has 1 atom stereocenters. The van der Waals surface area contributed by atoms with E-state index in [9.17, 15) is 14.4 Å². The molecule has 20 heavy (non-hydrogen) atoms. The highest BCUT2D eigenvalue weighted by molar-refractivity contribution is 8.00. The van der Waals surface area contributed by atoms with Crippen LogP contribution in [0.4, 0.5) is 11.4 Å². The summed E-state index contributed by atoms with van der Waals surface area (Å²) in [5.74, 6) is 0.0335. The van der Waals surface area contributed by atoms with Crippen LogP contribution >= 0.6 is 11.8 Å². The van der Waals surface area contributed by atoms with E-state index < -0.39 is 6.04 Å². The molecule has 2 aliphatic heterocycles. The van der Waals surface area contributed by atoms with Crippen molar-refractivity contribution in [3.05, 3.63) is 18.2 Å². The Labute approximate surface area is 119 Å². The maximum absolute atomic E-state index is 12.0. The van der Waals surface area contributed by atoms with Crippen molar-refractivity contribution in [3.63, 3.8) is 0 Å². The van der Waals surface area contributed by atoms with Gasteiger partial charge in [-0.25, -0.2) is 0 Å². The first kappa shape index (κ1) is 13.0. The summed E-state index contributed by atoms with van der Waals surface area (Å²) in [6.07, 6.45) is 0.900. The van der Waals surface area contributed by atoms with E-state index in [1.165, 1.54) is 11.8 Å². The summed E-state index contributed by atoms with van der Waals surface area (Å²) in [7, 11) is 0. The van der Waals surface area contributed by atoms with Gasteiger partial charge in [-0.15, -0.1) is 11.8 Å².